The van der Waals surface area contributed by atoms with Crippen molar-refractivity contribution in [3.63, 3.8) is 0 Å². The molecule has 0 fully saturated rings. The number of carbonyl (C=O) groups is 1. The van der Waals surface area contributed by atoms with Crippen molar-refractivity contribution < 1.29 is 18.3 Å². The van der Waals surface area contributed by atoms with Crippen molar-refractivity contribution in [3.8, 4) is 11.4 Å². The first-order chi connectivity index (χ1) is 14.8. The zero-order chi connectivity index (χ0) is 22.5. The highest BCUT2D eigenvalue weighted by atomic mass is 35.5. The fourth-order valence-electron chi connectivity index (χ4n) is 2.85. The second kappa shape index (κ2) is 10.1. The lowest BCUT2D eigenvalue weighted by molar-refractivity contribution is 0.0505. The lowest BCUT2D eigenvalue weighted by Crippen LogP contribution is -2.31. The topological polar surface area (TPSA) is 81.9 Å². The van der Waals surface area contributed by atoms with E-state index in [1.807, 2.05) is 6.92 Å². The number of ether oxygens (including phenoxy) is 1. The van der Waals surface area contributed by atoms with Crippen LogP contribution in [0.25, 0.3) is 11.4 Å². The SMILES string of the molecule is CCOC(=O)c1nc(-c2nc(Cl)ncc2Cl)cn1C[C@H](C)NCc1ccc(F)c(F)c1. The van der Waals surface area contributed by atoms with Gasteiger partial charge in [-0.05, 0) is 43.1 Å². The van der Waals surface area contributed by atoms with Crippen molar-refractivity contribution in [1.29, 1.82) is 0 Å². The van der Waals surface area contributed by atoms with Gasteiger partial charge in [0, 0.05) is 25.3 Å². The predicted molar refractivity (Wildman–Crippen MR) is 112 cm³/mol. The van der Waals surface area contributed by atoms with Crippen LogP contribution in [0.5, 0.6) is 0 Å². The summed E-state index contributed by atoms with van der Waals surface area (Å²) in [4.78, 5) is 24.6. The van der Waals surface area contributed by atoms with Gasteiger partial charge in [0.15, 0.2) is 11.6 Å². The number of nitrogens with zero attached hydrogens (tertiary/aromatic N) is 4. The first kappa shape index (κ1) is 23.1. The first-order valence-corrected chi connectivity index (χ1v) is 10.1. The maximum absolute atomic E-state index is 13.4. The maximum Gasteiger partial charge on any atom is 0.374 e. The monoisotopic (exact) mass is 469 g/mol. The predicted octanol–water partition coefficient (Wildman–Crippen LogP) is 4.28. The van der Waals surface area contributed by atoms with Gasteiger partial charge in [-0.25, -0.2) is 28.5 Å². The summed E-state index contributed by atoms with van der Waals surface area (Å²) < 4.78 is 33.2. The van der Waals surface area contributed by atoms with Crippen molar-refractivity contribution in [1.82, 2.24) is 24.8 Å². The first-order valence-electron chi connectivity index (χ1n) is 9.38. The van der Waals surface area contributed by atoms with E-state index in [-0.39, 0.29) is 34.5 Å². The van der Waals surface area contributed by atoms with E-state index in [2.05, 4.69) is 20.3 Å². The van der Waals surface area contributed by atoms with Crippen LogP contribution < -0.4 is 5.32 Å². The molecular formula is C20H19Cl2F2N5O2. The van der Waals surface area contributed by atoms with Gasteiger partial charge in [0.1, 0.15) is 11.4 Å². The molecule has 164 valence electrons. The van der Waals surface area contributed by atoms with Crippen LogP contribution in [-0.4, -0.2) is 38.1 Å². The highest BCUT2D eigenvalue weighted by Gasteiger charge is 2.21. The van der Waals surface area contributed by atoms with Crippen LogP contribution in [0, 0.1) is 11.6 Å². The van der Waals surface area contributed by atoms with Crippen LogP contribution >= 0.6 is 23.2 Å². The Hall–Kier alpha value is -2.62. The fourth-order valence-corrected chi connectivity index (χ4v) is 3.18. The third-order valence-electron chi connectivity index (χ3n) is 4.30. The van der Waals surface area contributed by atoms with Gasteiger partial charge >= 0.3 is 5.97 Å². The molecule has 0 unspecified atom stereocenters. The second-order valence-corrected chi connectivity index (χ2v) is 7.43. The molecule has 1 N–H and O–H groups in total. The summed E-state index contributed by atoms with van der Waals surface area (Å²) >= 11 is 12.0. The molecular weight excluding hydrogens is 451 g/mol. The molecule has 1 atom stereocenters. The van der Waals surface area contributed by atoms with Crippen molar-refractivity contribution in [3.05, 3.63) is 63.9 Å². The van der Waals surface area contributed by atoms with Gasteiger partial charge in [-0.3, -0.25) is 0 Å². The Bertz CT molecular complexity index is 1090. The second-order valence-electron chi connectivity index (χ2n) is 6.69. The molecule has 0 aliphatic rings. The minimum Gasteiger partial charge on any atom is -0.460 e. The number of aromatic nitrogens is 4. The zero-order valence-corrected chi connectivity index (χ0v) is 18.2. The van der Waals surface area contributed by atoms with Crippen LogP contribution in [0.3, 0.4) is 0 Å². The summed E-state index contributed by atoms with van der Waals surface area (Å²) in [5.74, 6) is -2.33. The molecule has 2 heterocycles. The lowest BCUT2D eigenvalue weighted by Gasteiger charge is -2.16. The number of halogens is 4. The Morgan fingerprint density at radius 3 is 2.74 bits per heavy atom. The average molecular weight is 470 g/mol. The summed E-state index contributed by atoms with van der Waals surface area (Å²) in [6, 6.07) is 3.55. The van der Waals surface area contributed by atoms with E-state index in [4.69, 9.17) is 27.9 Å². The van der Waals surface area contributed by atoms with Crippen LogP contribution in [0.4, 0.5) is 8.78 Å². The molecule has 0 saturated heterocycles. The number of benzene rings is 1. The van der Waals surface area contributed by atoms with Gasteiger partial charge in [-0.2, -0.15) is 0 Å². The fraction of sp³-hybridized carbons (Fsp3) is 0.300. The largest absolute Gasteiger partial charge is 0.460 e. The summed E-state index contributed by atoms with van der Waals surface area (Å²) in [7, 11) is 0. The number of nitrogens with one attached hydrogen (secondary N) is 1. The third-order valence-corrected chi connectivity index (χ3v) is 4.76. The van der Waals surface area contributed by atoms with Gasteiger partial charge in [0.25, 0.3) is 0 Å². The van der Waals surface area contributed by atoms with Crippen LogP contribution in [0.15, 0.2) is 30.6 Å². The Morgan fingerprint density at radius 2 is 2.03 bits per heavy atom. The van der Waals surface area contributed by atoms with E-state index in [1.54, 1.807) is 17.7 Å². The number of carbonyl (C=O) groups excluding carboxylic acids is 1. The molecule has 31 heavy (non-hydrogen) atoms. The molecule has 7 nitrogen and oxygen atoms in total. The van der Waals surface area contributed by atoms with Gasteiger partial charge in [0.2, 0.25) is 11.1 Å². The summed E-state index contributed by atoms with van der Waals surface area (Å²) in [5.41, 5.74) is 1.21. The number of esters is 1. The Kier molecular flexibility index (Phi) is 7.53. The van der Waals surface area contributed by atoms with Crippen molar-refractivity contribution in [2.75, 3.05) is 6.61 Å². The van der Waals surface area contributed by atoms with E-state index in [0.717, 1.165) is 12.1 Å². The van der Waals surface area contributed by atoms with Crippen molar-refractivity contribution in [2.24, 2.45) is 0 Å². The van der Waals surface area contributed by atoms with E-state index in [9.17, 15) is 13.6 Å². The standard InChI is InChI=1S/C20H19Cl2F2N5O2/c1-3-31-19(30)18-27-16(17-13(21)8-26-20(22)28-17)10-29(18)9-11(2)25-7-12-4-5-14(23)15(24)6-12/h4-6,8,10-11,25H,3,7,9H2,1-2H3/t11-/m0/s1. The molecule has 3 aromatic rings. The molecule has 0 aliphatic carbocycles. The maximum atomic E-state index is 13.4. The Morgan fingerprint density at radius 1 is 1.26 bits per heavy atom. The molecule has 0 spiro atoms. The number of hydrogen-bond donors (Lipinski definition) is 1. The van der Waals surface area contributed by atoms with Gasteiger partial charge in [-0.15, -0.1) is 0 Å². The van der Waals surface area contributed by atoms with Crippen LogP contribution in [0.2, 0.25) is 10.3 Å². The molecule has 2 aromatic heterocycles. The van der Waals surface area contributed by atoms with E-state index in [0.29, 0.717) is 24.3 Å². The van der Waals surface area contributed by atoms with E-state index >= 15 is 0 Å². The van der Waals surface area contributed by atoms with Crippen LogP contribution in [-0.2, 0) is 17.8 Å². The Labute approximate surface area is 187 Å². The molecule has 1 aromatic carbocycles. The minimum absolute atomic E-state index is 0.00630. The zero-order valence-electron chi connectivity index (χ0n) is 16.7. The molecule has 0 saturated carbocycles. The summed E-state index contributed by atoms with van der Waals surface area (Å²) in [5, 5.41) is 3.42. The molecule has 3 rings (SSSR count). The average Bonchev–Trinajstić information content (AvgIpc) is 3.14. The quantitative estimate of drug-likeness (QED) is 0.391. The molecule has 0 radical (unpaired) electrons. The third kappa shape index (κ3) is 5.75. The lowest BCUT2D eigenvalue weighted by atomic mass is 10.2. The van der Waals surface area contributed by atoms with Crippen molar-refractivity contribution >= 4 is 29.2 Å². The number of hydrogen-bond acceptors (Lipinski definition) is 6. The van der Waals surface area contributed by atoms with E-state index in [1.165, 1.54) is 12.3 Å². The highest BCUT2D eigenvalue weighted by Crippen LogP contribution is 2.26. The summed E-state index contributed by atoms with van der Waals surface area (Å²) in [6.45, 7) is 4.40. The van der Waals surface area contributed by atoms with Crippen LogP contribution in [0.1, 0.15) is 30.0 Å². The smallest absolute Gasteiger partial charge is 0.374 e. The molecule has 0 amide bonds. The normalized spacial score (nSPS) is 12.1. The van der Waals surface area contributed by atoms with E-state index < -0.39 is 17.6 Å². The highest BCUT2D eigenvalue weighted by molar-refractivity contribution is 6.33. The summed E-state index contributed by atoms with van der Waals surface area (Å²) in [6.07, 6.45) is 2.97. The minimum atomic E-state index is -0.906. The van der Waals surface area contributed by atoms with Gasteiger partial charge < -0.3 is 14.6 Å². The van der Waals surface area contributed by atoms with Crippen molar-refractivity contribution in [2.45, 2.75) is 33.0 Å². The number of imidazole rings is 1. The Balaban J connectivity index is 1.81. The number of rotatable bonds is 8. The molecule has 0 aliphatic heterocycles. The molecule has 11 heteroatoms. The van der Waals surface area contributed by atoms with Gasteiger partial charge in [0.05, 0.1) is 17.8 Å². The molecule has 0 bridgehead atoms. The van der Waals surface area contributed by atoms with Gasteiger partial charge in [-0.1, -0.05) is 17.7 Å².